The number of unbranched alkanes of at least 4 members (excludes halogenated alkanes) is 2. The highest BCUT2D eigenvalue weighted by Gasteiger charge is 2.33. The van der Waals surface area contributed by atoms with Crippen molar-refractivity contribution in [1.29, 1.82) is 0 Å². The molecule has 0 spiro atoms. The van der Waals surface area contributed by atoms with Gasteiger partial charge in [0, 0.05) is 12.3 Å². The van der Waals surface area contributed by atoms with E-state index in [1.54, 1.807) is 0 Å². The first-order valence-corrected chi connectivity index (χ1v) is 6.37. The number of hydrogen-bond donors (Lipinski definition) is 1. The number of Topliss-reactive ketones (excluding diaryl/α,β-unsaturated/α-hetero) is 1. The molecular weight excluding hydrogens is 188 g/mol. The molecule has 3 atom stereocenters. The first-order chi connectivity index (χ1) is 7.16. The molecule has 15 heavy (non-hydrogen) atoms. The average molecular weight is 212 g/mol. The lowest BCUT2D eigenvalue weighted by molar-refractivity contribution is -0.131. The summed E-state index contributed by atoms with van der Waals surface area (Å²) in [6.45, 7) is 4.26. The summed E-state index contributed by atoms with van der Waals surface area (Å²) in [6, 6.07) is 0. The van der Waals surface area contributed by atoms with Crippen LogP contribution in [0, 0.1) is 11.8 Å². The average Bonchev–Trinajstić information content (AvgIpc) is 2.18. The molecule has 1 aliphatic rings. The van der Waals surface area contributed by atoms with Crippen LogP contribution in [0.1, 0.15) is 58.8 Å². The predicted octanol–water partition coefficient (Wildman–Crippen LogP) is 2.93. The van der Waals surface area contributed by atoms with E-state index in [4.69, 9.17) is 0 Å². The Morgan fingerprint density at radius 1 is 1.47 bits per heavy atom. The maximum absolute atomic E-state index is 11.7. The number of aliphatic hydroxyl groups excluding tert-OH is 1. The first-order valence-electron chi connectivity index (χ1n) is 6.37. The van der Waals surface area contributed by atoms with Gasteiger partial charge in [-0.15, -0.1) is 0 Å². The van der Waals surface area contributed by atoms with Gasteiger partial charge < -0.3 is 5.11 Å². The molecule has 1 saturated carbocycles. The van der Waals surface area contributed by atoms with Crippen LogP contribution in [-0.2, 0) is 4.79 Å². The Kier molecular flexibility index (Phi) is 5.30. The predicted molar refractivity (Wildman–Crippen MR) is 61.7 cm³/mol. The van der Waals surface area contributed by atoms with Crippen molar-refractivity contribution >= 4 is 5.78 Å². The lowest BCUT2D eigenvalue weighted by Crippen LogP contribution is -2.36. The number of aliphatic hydroxyl groups is 1. The second-order valence-corrected chi connectivity index (χ2v) is 4.92. The molecule has 1 rings (SSSR count). The molecule has 2 heteroatoms. The van der Waals surface area contributed by atoms with E-state index < -0.39 is 0 Å². The smallest absolute Gasteiger partial charge is 0.138 e. The molecule has 3 unspecified atom stereocenters. The highest BCUT2D eigenvalue weighted by atomic mass is 16.3. The summed E-state index contributed by atoms with van der Waals surface area (Å²) in [5.74, 6) is 0.594. The van der Waals surface area contributed by atoms with Crippen molar-refractivity contribution in [3.05, 3.63) is 0 Å². The Bertz CT molecular complexity index is 201. The number of hydrogen-bond acceptors (Lipinski definition) is 2. The highest BCUT2D eigenvalue weighted by molar-refractivity contribution is 5.82. The molecule has 0 heterocycles. The number of rotatable bonds is 5. The van der Waals surface area contributed by atoms with E-state index >= 15 is 0 Å². The maximum Gasteiger partial charge on any atom is 0.138 e. The standard InChI is InChI=1S/C13H24O2/c1-3-4-5-8-11(14)13-10(2)7-6-9-12(13)15/h10-11,13-14H,3-9H2,1-2H3. The number of ketones is 1. The number of carbonyl (C=O) groups excluding carboxylic acids is 1. The van der Waals surface area contributed by atoms with E-state index in [0.717, 1.165) is 32.1 Å². The summed E-state index contributed by atoms with van der Waals surface area (Å²) in [7, 11) is 0. The molecule has 0 aromatic rings. The van der Waals surface area contributed by atoms with Gasteiger partial charge >= 0.3 is 0 Å². The third-order valence-electron chi connectivity index (χ3n) is 3.59. The van der Waals surface area contributed by atoms with Crippen LogP contribution in [0.15, 0.2) is 0 Å². The minimum absolute atomic E-state index is 0.0735. The zero-order valence-corrected chi connectivity index (χ0v) is 10.0. The van der Waals surface area contributed by atoms with E-state index in [9.17, 15) is 9.90 Å². The van der Waals surface area contributed by atoms with E-state index in [2.05, 4.69) is 13.8 Å². The van der Waals surface area contributed by atoms with Crippen molar-refractivity contribution in [2.75, 3.05) is 0 Å². The molecular formula is C13H24O2. The fourth-order valence-corrected chi connectivity index (χ4v) is 2.64. The molecule has 0 radical (unpaired) electrons. The van der Waals surface area contributed by atoms with Gasteiger partial charge in [0.05, 0.1) is 6.10 Å². The lowest BCUT2D eigenvalue weighted by Gasteiger charge is -2.31. The van der Waals surface area contributed by atoms with Crippen molar-refractivity contribution < 1.29 is 9.90 Å². The maximum atomic E-state index is 11.7. The second kappa shape index (κ2) is 6.26. The Morgan fingerprint density at radius 3 is 2.80 bits per heavy atom. The monoisotopic (exact) mass is 212 g/mol. The molecule has 1 fully saturated rings. The topological polar surface area (TPSA) is 37.3 Å². The second-order valence-electron chi connectivity index (χ2n) is 4.92. The largest absolute Gasteiger partial charge is 0.392 e. The van der Waals surface area contributed by atoms with Crippen molar-refractivity contribution in [2.24, 2.45) is 11.8 Å². The van der Waals surface area contributed by atoms with Crippen molar-refractivity contribution in [3.8, 4) is 0 Å². The summed E-state index contributed by atoms with van der Waals surface area (Å²) in [5, 5.41) is 10.0. The van der Waals surface area contributed by atoms with Gasteiger partial charge in [-0.25, -0.2) is 0 Å². The van der Waals surface area contributed by atoms with Gasteiger partial charge in [0.15, 0.2) is 0 Å². The van der Waals surface area contributed by atoms with Crippen molar-refractivity contribution in [2.45, 2.75) is 64.9 Å². The first kappa shape index (κ1) is 12.7. The minimum Gasteiger partial charge on any atom is -0.392 e. The molecule has 1 N–H and O–H groups in total. The van der Waals surface area contributed by atoms with Crippen LogP contribution in [0.3, 0.4) is 0 Å². The SMILES string of the molecule is CCCCCC(O)C1C(=O)CCCC1C. The molecule has 0 bridgehead atoms. The van der Waals surface area contributed by atoms with Crippen LogP contribution in [0.2, 0.25) is 0 Å². The Hall–Kier alpha value is -0.370. The zero-order chi connectivity index (χ0) is 11.3. The van der Waals surface area contributed by atoms with Gasteiger partial charge in [-0.1, -0.05) is 33.1 Å². The molecule has 0 saturated heterocycles. The van der Waals surface area contributed by atoms with Crippen LogP contribution in [-0.4, -0.2) is 17.0 Å². The molecule has 0 aromatic carbocycles. The summed E-state index contributed by atoms with van der Waals surface area (Å²) in [6.07, 6.45) is 6.58. The van der Waals surface area contributed by atoms with Gasteiger partial charge in [0.1, 0.15) is 5.78 Å². The van der Waals surface area contributed by atoms with Crippen LogP contribution >= 0.6 is 0 Å². The van der Waals surface area contributed by atoms with E-state index in [0.29, 0.717) is 12.3 Å². The van der Waals surface area contributed by atoms with Crippen LogP contribution in [0.5, 0.6) is 0 Å². The van der Waals surface area contributed by atoms with Gasteiger partial charge in [-0.05, 0) is 25.2 Å². The third-order valence-corrected chi connectivity index (χ3v) is 3.59. The lowest BCUT2D eigenvalue weighted by atomic mass is 9.75. The van der Waals surface area contributed by atoms with Gasteiger partial charge in [-0.3, -0.25) is 4.79 Å². The van der Waals surface area contributed by atoms with Gasteiger partial charge in [0.2, 0.25) is 0 Å². The molecule has 0 aromatic heterocycles. The summed E-state index contributed by atoms with van der Waals surface area (Å²) in [5.41, 5.74) is 0. The van der Waals surface area contributed by atoms with E-state index in [1.807, 2.05) is 0 Å². The quantitative estimate of drug-likeness (QED) is 0.711. The number of carbonyl (C=O) groups is 1. The van der Waals surface area contributed by atoms with Crippen LogP contribution < -0.4 is 0 Å². The fraction of sp³-hybridized carbons (Fsp3) is 0.923. The third kappa shape index (κ3) is 3.60. The van der Waals surface area contributed by atoms with Crippen molar-refractivity contribution in [1.82, 2.24) is 0 Å². The van der Waals surface area contributed by atoms with Gasteiger partial charge in [-0.2, -0.15) is 0 Å². The molecule has 0 aliphatic heterocycles. The Balaban J connectivity index is 2.41. The summed E-state index contributed by atoms with van der Waals surface area (Å²) < 4.78 is 0. The molecule has 2 nitrogen and oxygen atoms in total. The van der Waals surface area contributed by atoms with Crippen LogP contribution in [0.25, 0.3) is 0 Å². The van der Waals surface area contributed by atoms with Gasteiger partial charge in [0.25, 0.3) is 0 Å². The summed E-state index contributed by atoms with van der Waals surface area (Å²) in [4.78, 5) is 11.7. The Labute approximate surface area is 93.1 Å². The molecule has 0 amide bonds. The minimum atomic E-state index is -0.389. The highest BCUT2D eigenvalue weighted by Crippen LogP contribution is 2.31. The Morgan fingerprint density at radius 2 is 2.20 bits per heavy atom. The zero-order valence-electron chi connectivity index (χ0n) is 10.0. The normalized spacial score (nSPS) is 29.1. The fourth-order valence-electron chi connectivity index (χ4n) is 2.64. The van der Waals surface area contributed by atoms with E-state index in [1.165, 1.54) is 6.42 Å². The van der Waals surface area contributed by atoms with Crippen molar-refractivity contribution in [3.63, 3.8) is 0 Å². The summed E-state index contributed by atoms with van der Waals surface area (Å²) >= 11 is 0. The van der Waals surface area contributed by atoms with Crippen LogP contribution in [0.4, 0.5) is 0 Å². The van der Waals surface area contributed by atoms with E-state index in [-0.39, 0.29) is 17.8 Å². The molecule has 1 aliphatic carbocycles. The molecule has 88 valence electrons.